The van der Waals surface area contributed by atoms with Crippen molar-refractivity contribution in [3.63, 3.8) is 0 Å². The van der Waals surface area contributed by atoms with E-state index in [1.165, 1.54) is 6.07 Å². The average molecular weight is 489 g/mol. The van der Waals surface area contributed by atoms with Crippen molar-refractivity contribution in [2.75, 3.05) is 19.0 Å². The number of fused-ring (bicyclic) bond motifs is 1. The van der Waals surface area contributed by atoms with E-state index < -0.39 is 23.5 Å². The summed E-state index contributed by atoms with van der Waals surface area (Å²) in [5, 5.41) is 15.5. The van der Waals surface area contributed by atoms with Crippen molar-refractivity contribution in [3.05, 3.63) is 65.1 Å². The number of hydrogen-bond acceptors (Lipinski definition) is 5. The standard InChI is InChI=1S/C29H29FN2O4/c1-15-12-17-13-21(31-5)20(30)14-19(17)25(23(15)27(28(33)34)36-29(2,3)4)18-6-7-22-24-16(9-11-35-22)8-10-32-26(18)24/h6-8,10,12-14,27,31H,9,11H2,1-5H3,(H,33,34). The Morgan fingerprint density at radius 1 is 1.22 bits per heavy atom. The molecule has 1 atom stereocenters. The van der Waals surface area contributed by atoms with Crippen molar-refractivity contribution in [1.29, 1.82) is 0 Å². The fraction of sp³-hybridized carbons (Fsp3) is 0.310. The van der Waals surface area contributed by atoms with E-state index in [-0.39, 0.29) is 0 Å². The molecule has 1 unspecified atom stereocenters. The van der Waals surface area contributed by atoms with Crippen LogP contribution in [0.25, 0.3) is 32.8 Å². The number of pyridine rings is 1. The Labute approximate surface area is 209 Å². The fourth-order valence-electron chi connectivity index (χ4n) is 5.09. The molecule has 0 fully saturated rings. The first-order valence-electron chi connectivity index (χ1n) is 12.0. The molecule has 186 valence electrons. The smallest absolute Gasteiger partial charge is 0.337 e. The number of aryl methyl sites for hydroxylation is 1. The molecule has 7 heteroatoms. The highest BCUT2D eigenvalue weighted by molar-refractivity contribution is 6.09. The van der Waals surface area contributed by atoms with Crippen LogP contribution in [0.3, 0.4) is 0 Å². The summed E-state index contributed by atoms with van der Waals surface area (Å²) in [6.45, 7) is 7.91. The summed E-state index contributed by atoms with van der Waals surface area (Å²) in [5.74, 6) is -0.797. The van der Waals surface area contributed by atoms with Crippen molar-refractivity contribution in [3.8, 4) is 16.9 Å². The lowest BCUT2D eigenvalue weighted by atomic mass is 9.85. The molecular formula is C29H29FN2O4. The zero-order valence-corrected chi connectivity index (χ0v) is 21.0. The highest BCUT2D eigenvalue weighted by atomic mass is 19.1. The monoisotopic (exact) mass is 488 g/mol. The third kappa shape index (κ3) is 4.03. The molecule has 1 aromatic heterocycles. The molecule has 0 bridgehead atoms. The van der Waals surface area contributed by atoms with Crippen LogP contribution in [0, 0.1) is 12.7 Å². The van der Waals surface area contributed by atoms with Crippen LogP contribution in [-0.4, -0.2) is 35.3 Å². The van der Waals surface area contributed by atoms with Gasteiger partial charge in [0, 0.05) is 36.2 Å². The Bertz CT molecular complexity index is 1510. The van der Waals surface area contributed by atoms with Gasteiger partial charge in [-0.1, -0.05) is 6.07 Å². The van der Waals surface area contributed by atoms with E-state index in [1.807, 2.05) is 52.0 Å². The molecular weight excluding hydrogens is 459 g/mol. The maximum absolute atomic E-state index is 15.1. The predicted molar refractivity (Wildman–Crippen MR) is 139 cm³/mol. The number of hydrogen-bond donors (Lipinski definition) is 2. The SMILES string of the molecule is CNc1cc2cc(C)c(C(OC(C)(C)C)C(=O)O)c(-c3ccc4c5c(ccnc35)CCO4)c2cc1F. The number of carbonyl (C=O) groups is 1. The Morgan fingerprint density at radius 3 is 2.69 bits per heavy atom. The Morgan fingerprint density at radius 2 is 2.00 bits per heavy atom. The van der Waals surface area contributed by atoms with Crippen LogP contribution >= 0.6 is 0 Å². The number of benzene rings is 3. The van der Waals surface area contributed by atoms with Gasteiger partial charge in [0.05, 0.1) is 23.4 Å². The normalized spacial score (nSPS) is 14.1. The first-order chi connectivity index (χ1) is 17.1. The Kier molecular flexibility index (Phi) is 5.83. The maximum atomic E-state index is 15.1. The summed E-state index contributed by atoms with van der Waals surface area (Å²) in [7, 11) is 1.67. The van der Waals surface area contributed by atoms with E-state index in [9.17, 15) is 9.90 Å². The third-order valence-corrected chi connectivity index (χ3v) is 6.54. The minimum Gasteiger partial charge on any atom is -0.493 e. The van der Waals surface area contributed by atoms with E-state index in [1.54, 1.807) is 19.3 Å². The summed E-state index contributed by atoms with van der Waals surface area (Å²) in [5.41, 5.74) is 3.98. The first kappa shape index (κ1) is 24.0. The molecule has 6 nitrogen and oxygen atoms in total. The lowest BCUT2D eigenvalue weighted by Crippen LogP contribution is -2.28. The molecule has 2 heterocycles. The number of nitrogens with one attached hydrogen (secondary N) is 1. The molecule has 5 rings (SSSR count). The van der Waals surface area contributed by atoms with Gasteiger partial charge in [-0.25, -0.2) is 9.18 Å². The highest BCUT2D eigenvalue weighted by Gasteiger charge is 2.33. The van der Waals surface area contributed by atoms with Crippen molar-refractivity contribution in [2.45, 2.75) is 45.8 Å². The van der Waals surface area contributed by atoms with Gasteiger partial charge >= 0.3 is 5.97 Å². The number of aliphatic carboxylic acids is 1. The van der Waals surface area contributed by atoms with Crippen molar-refractivity contribution in [2.24, 2.45) is 0 Å². The van der Waals surface area contributed by atoms with E-state index in [0.29, 0.717) is 39.9 Å². The highest BCUT2D eigenvalue weighted by Crippen LogP contribution is 2.45. The van der Waals surface area contributed by atoms with Gasteiger partial charge in [0.15, 0.2) is 6.10 Å². The van der Waals surface area contributed by atoms with E-state index >= 15 is 4.39 Å². The maximum Gasteiger partial charge on any atom is 0.337 e. The molecule has 0 amide bonds. The van der Waals surface area contributed by atoms with Crippen LogP contribution in [-0.2, 0) is 16.0 Å². The predicted octanol–water partition coefficient (Wildman–Crippen LogP) is 6.42. The molecule has 1 aliphatic rings. The summed E-state index contributed by atoms with van der Waals surface area (Å²) >= 11 is 0. The molecule has 0 saturated carbocycles. The molecule has 0 saturated heterocycles. The zero-order chi connectivity index (χ0) is 25.8. The second kappa shape index (κ2) is 8.75. The van der Waals surface area contributed by atoms with Crippen LogP contribution in [0.15, 0.2) is 42.6 Å². The first-order valence-corrected chi connectivity index (χ1v) is 12.0. The number of aromatic nitrogens is 1. The molecule has 3 aromatic carbocycles. The number of ether oxygens (including phenoxy) is 2. The number of anilines is 1. The van der Waals surface area contributed by atoms with E-state index in [2.05, 4.69) is 5.32 Å². The Balaban J connectivity index is 1.94. The van der Waals surface area contributed by atoms with E-state index in [4.69, 9.17) is 14.5 Å². The minimum absolute atomic E-state index is 0.366. The third-order valence-electron chi connectivity index (χ3n) is 6.54. The fourth-order valence-corrected chi connectivity index (χ4v) is 5.09. The number of carboxylic acids is 1. The van der Waals surface area contributed by atoms with Crippen molar-refractivity contribution in [1.82, 2.24) is 4.98 Å². The summed E-state index contributed by atoms with van der Waals surface area (Å²) in [6.07, 6.45) is 1.24. The number of nitrogens with zero attached hydrogens (tertiary/aromatic N) is 1. The van der Waals surface area contributed by atoms with Crippen molar-refractivity contribution < 1.29 is 23.8 Å². The molecule has 1 aliphatic heterocycles. The van der Waals surface area contributed by atoms with Crippen LogP contribution in [0.4, 0.5) is 10.1 Å². The van der Waals surface area contributed by atoms with Crippen molar-refractivity contribution >= 4 is 33.3 Å². The van der Waals surface area contributed by atoms with Gasteiger partial charge < -0.3 is 19.9 Å². The van der Waals surface area contributed by atoms with Crippen LogP contribution < -0.4 is 10.1 Å². The second-order valence-corrected chi connectivity index (χ2v) is 10.1. The topological polar surface area (TPSA) is 80.7 Å². The lowest BCUT2D eigenvalue weighted by molar-refractivity contribution is -0.160. The molecule has 2 N–H and O–H groups in total. The number of halogens is 1. The van der Waals surface area contributed by atoms with E-state index in [0.717, 1.165) is 34.1 Å². The van der Waals surface area contributed by atoms with Gasteiger partial charge in [0.2, 0.25) is 0 Å². The summed E-state index contributed by atoms with van der Waals surface area (Å²) in [4.78, 5) is 17.3. The zero-order valence-electron chi connectivity index (χ0n) is 21.0. The van der Waals surface area contributed by atoms with Gasteiger partial charge in [0.25, 0.3) is 0 Å². The largest absolute Gasteiger partial charge is 0.493 e. The number of rotatable bonds is 5. The molecule has 0 aliphatic carbocycles. The quantitative estimate of drug-likeness (QED) is 0.337. The minimum atomic E-state index is -1.27. The van der Waals surface area contributed by atoms with Crippen LogP contribution in [0.5, 0.6) is 5.75 Å². The molecule has 36 heavy (non-hydrogen) atoms. The van der Waals surface area contributed by atoms with Gasteiger partial charge in [-0.15, -0.1) is 0 Å². The number of carboxylic acid groups (broad SMARTS) is 1. The summed E-state index contributed by atoms with van der Waals surface area (Å²) in [6, 6.07) is 10.8. The second-order valence-electron chi connectivity index (χ2n) is 10.1. The van der Waals surface area contributed by atoms with Gasteiger partial charge in [0.1, 0.15) is 11.6 Å². The van der Waals surface area contributed by atoms with Crippen LogP contribution in [0.1, 0.15) is 43.6 Å². The van der Waals surface area contributed by atoms with Crippen LogP contribution in [0.2, 0.25) is 0 Å². The Hall–Kier alpha value is -3.71. The molecule has 0 radical (unpaired) electrons. The molecule has 4 aromatic rings. The summed E-state index contributed by atoms with van der Waals surface area (Å²) < 4.78 is 27.1. The van der Waals surface area contributed by atoms with Gasteiger partial charge in [-0.3, -0.25) is 4.98 Å². The lowest BCUT2D eigenvalue weighted by Gasteiger charge is -2.29. The van der Waals surface area contributed by atoms with Gasteiger partial charge in [-0.05, 0) is 85.5 Å². The van der Waals surface area contributed by atoms with Gasteiger partial charge in [-0.2, -0.15) is 0 Å². The average Bonchev–Trinajstić information content (AvgIpc) is 2.82. The molecule has 0 spiro atoms.